The fourth-order valence-electron chi connectivity index (χ4n) is 8.19. The minimum Gasteiger partial charge on any atom is -0.462 e. The van der Waals surface area contributed by atoms with Crippen molar-refractivity contribution in [1.29, 1.82) is 0 Å². The molecule has 0 heterocycles. The van der Waals surface area contributed by atoms with Gasteiger partial charge in [0.25, 0.3) is 0 Å². The Morgan fingerprint density at radius 3 is 0.842 bits per heavy atom. The van der Waals surface area contributed by atoms with Gasteiger partial charge in [0.05, 0.1) is 0 Å². The average Bonchev–Trinajstić information content (AvgIpc) is 3.42. The second kappa shape index (κ2) is 63.1. The summed E-state index contributed by atoms with van der Waals surface area (Å²) in [5.41, 5.74) is 0. The molecular formula is C70H114O6. The SMILES string of the molecule is CC/C=C\C/C=C\C/C=C\C/C=C\C/C=C\C/C=C\C/C=C\C/C=C\CCCCC(=O)OCC(COC(=O)CCCCCCC/C=C\CCCCCC)OC(=O)CCCCCCCCC/C=C\C/C=C\CCCCCC. The smallest absolute Gasteiger partial charge is 0.306 e. The van der Waals surface area contributed by atoms with E-state index < -0.39 is 6.10 Å². The van der Waals surface area contributed by atoms with Gasteiger partial charge in [0.1, 0.15) is 13.2 Å². The standard InChI is InChI=1S/C70H114O6/c1-4-7-10-13-16-19-22-25-27-29-31-32-33-34-35-36-37-38-39-41-42-45-48-51-54-57-60-63-69(72)75-66-67(65-74-68(71)62-59-56-53-50-47-44-24-21-18-15-12-9-6-3)76-70(73)64-61-58-55-52-49-46-43-40-30-28-26-23-20-17-14-11-8-5-2/h7,10,16,19-21,23-25,27-28,30-32,34-35,37-38,41-42,48,51,67H,4-6,8-9,11-15,17-18,22,26,29,33,36,39-40,43-47,49-50,52-66H2,1-3H3/b10-7-,19-16-,23-20-,24-21-,27-25-,30-28-,32-31-,35-34-,38-37-,42-41-,51-48-. The lowest BCUT2D eigenvalue weighted by molar-refractivity contribution is -0.167. The fourth-order valence-corrected chi connectivity index (χ4v) is 8.19. The molecular weight excluding hydrogens is 937 g/mol. The second-order valence-electron chi connectivity index (χ2n) is 20.2. The third-order valence-electron chi connectivity index (χ3n) is 12.9. The quantitative estimate of drug-likeness (QED) is 0.0261. The summed E-state index contributed by atoms with van der Waals surface area (Å²) in [6, 6.07) is 0. The molecule has 0 spiro atoms. The van der Waals surface area contributed by atoms with Gasteiger partial charge in [-0.25, -0.2) is 0 Å². The van der Waals surface area contributed by atoms with E-state index >= 15 is 0 Å². The molecule has 0 aliphatic carbocycles. The molecule has 0 aromatic carbocycles. The molecule has 0 saturated heterocycles. The van der Waals surface area contributed by atoms with Crippen LogP contribution in [0.2, 0.25) is 0 Å². The van der Waals surface area contributed by atoms with Crippen LogP contribution in [-0.2, 0) is 28.6 Å². The molecule has 0 saturated carbocycles. The monoisotopic (exact) mass is 1050 g/mol. The first-order chi connectivity index (χ1) is 37.5. The van der Waals surface area contributed by atoms with Crippen molar-refractivity contribution in [3.05, 3.63) is 134 Å². The van der Waals surface area contributed by atoms with Crippen LogP contribution in [0.5, 0.6) is 0 Å². The molecule has 0 aromatic rings. The van der Waals surface area contributed by atoms with Crippen LogP contribution in [0.4, 0.5) is 0 Å². The van der Waals surface area contributed by atoms with E-state index in [4.69, 9.17) is 14.2 Å². The lowest BCUT2D eigenvalue weighted by Crippen LogP contribution is -2.30. The highest BCUT2D eigenvalue weighted by Crippen LogP contribution is 2.14. The number of hydrogen-bond acceptors (Lipinski definition) is 6. The van der Waals surface area contributed by atoms with Crippen LogP contribution >= 0.6 is 0 Å². The number of allylic oxidation sites excluding steroid dienone is 22. The zero-order chi connectivity index (χ0) is 55.0. The number of ether oxygens (including phenoxy) is 3. The number of carbonyl (C=O) groups is 3. The summed E-state index contributed by atoms with van der Waals surface area (Å²) in [5.74, 6) is -0.965. The van der Waals surface area contributed by atoms with E-state index in [-0.39, 0.29) is 31.1 Å². The van der Waals surface area contributed by atoms with E-state index in [1.165, 1.54) is 96.3 Å². The van der Waals surface area contributed by atoms with E-state index in [9.17, 15) is 14.4 Å². The van der Waals surface area contributed by atoms with E-state index in [1.54, 1.807) is 0 Å². The summed E-state index contributed by atoms with van der Waals surface area (Å²) >= 11 is 0. The number of carbonyl (C=O) groups excluding carboxylic acids is 3. The molecule has 0 aliphatic rings. The highest BCUT2D eigenvalue weighted by molar-refractivity contribution is 5.71. The number of rotatable bonds is 55. The molecule has 1 unspecified atom stereocenters. The first kappa shape index (κ1) is 71.5. The van der Waals surface area contributed by atoms with Gasteiger partial charge in [0.2, 0.25) is 0 Å². The Labute approximate surface area is 468 Å². The molecule has 76 heavy (non-hydrogen) atoms. The molecule has 0 fully saturated rings. The zero-order valence-corrected chi connectivity index (χ0v) is 49.2. The fraction of sp³-hybridized carbons (Fsp3) is 0.643. The zero-order valence-electron chi connectivity index (χ0n) is 49.2. The molecule has 1 atom stereocenters. The number of hydrogen-bond donors (Lipinski definition) is 0. The maximum atomic E-state index is 12.9. The van der Waals surface area contributed by atoms with E-state index in [1.807, 2.05) is 0 Å². The molecule has 0 bridgehead atoms. The van der Waals surface area contributed by atoms with Crippen LogP contribution in [0.1, 0.15) is 271 Å². The maximum absolute atomic E-state index is 12.9. The predicted molar refractivity (Wildman–Crippen MR) is 329 cm³/mol. The lowest BCUT2D eigenvalue weighted by atomic mass is 10.1. The van der Waals surface area contributed by atoms with Gasteiger partial charge >= 0.3 is 17.9 Å². The minimum absolute atomic E-state index is 0.103. The highest BCUT2D eigenvalue weighted by Gasteiger charge is 2.19. The van der Waals surface area contributed by atoms with Gasteiger partial charge in [-0.1, -0.05) is 244 Å². The normalized spacial score (nSPS) is 13.0. The molecule has 0 rings (SSSR count). The number of esters is 3. The predicted octanol–water partition coefficient (Wildman–Crippen LogP) is 21.4. The van der Waals surface area contributed by atoms with E-state index in [2.05, 4.69) is 154 Å². The van der Waals surface area contributed by atoms with Crippen molar-refractivity contribution >= 4 is 17.9 Å². The molecule has 0 N–H and O–H groups in total. The van der Waals surface area contributed by atoms with Gasteiger partial charge in [-0.15, -0.1) is 0 Å². The summed E-state index contributed by atoms with van der Waals surface area (Å²) in [4.78, 5) is 38.2. The van der Waals surface area contributed by atoms with Crippen molar-refractivity contribution in [3.8, 4) is 0 Å². The van der Waals surface area contributed by atoms with Gasteiger partial charge in [-0.2, -0.15) is 0 Å². The molecule has 0 aromatic heterocycles. The average molecular weight is 1050 g/mol. The second-order valence-corrected chi connectivity index (χ2v) is 20.2. The van der Waals surface area contributed by atoms with Crippen molar-refractivity contribution in [2.24, 2.45) is 0 Å². The summed E-state index contributed by atoms with van der Waals surface area (Å²) < 4.78 is 16.8. The first-order valence-electron chi connectivity index (χ1n) is 31.2. The third kappa shape index (κ3) is 60.4. The Morgan fingerprint density at radius 1 is 0.276 bits per heavy atom. The topological polar surface area (TPSA) is 78.9 Å². The van der Waals surface area contributed by atoms with Gasteiger partial charge in [-0.3, -0.25) is 14.4 Å². The largest absolute Gasteiger partial charge is 0.462 e. The van der Waals surface area contributed by atoms with Crippen molar-refractivity contribution in [1.82, 2.24) is 0 Å². The van der Waals surface area contributed by atoms with Crippen LogP contribution in [-0.4, -0.2) is 37.2 Å². The Morgan fingerprint density at radius 2 is 0.513 bits per heavy atom. The van der Waals surface area contributed by atoms with Crippen molar-refractivity contribution in [2.45, 2.75) is 277 Å². The number of unbranched alkanes of at least 4 members (excludes halogenated alkanes) is 22. The van der Waals surface area contributed by atoms with Gasteiger partial charge in [-0.05, 0) is 141 Å². The van der Waals surface area contributed by atoms with Crippen molar-refractivity contribution in [3.63, 3.8) is 0 Å². The maximum Gasteiger partial charge on any atom is 0.306 e. The molecule has 6 nitrogen and oxygen atoms in total. The Kier molecular flexibility index (Phi) is 59.4. The van der Waals surface area contributed by atoms with Gasteiger partial charge in [0.15, 0.2) is 6.10 Å². The molecule has 430 valence electrons. The van der Waals surface area contributed by atoms with Gasteiger partial charge in [0, 0.05) is 19.3 Å². The molecule has 0 radical (unpaired) electrons. The summed E-state index contributed by atoms with van der Waals surface area (Å²) in [6.07, 6.45) is 88.8. The molecule has 0 aliphatic heterocycles. The third-order valence-corrected chi connectivity index (χ3v) is 12.9. The van der Waals surface area contributed by atoms with Crippen molar-refractivity contribution in [2.75, 3.05) is 13.2 Å². The highest BCUT2D eigenvalue weighted by atomic mass is 16.6. The van der Waals surface area contributed by atoms with Gasteiger partial charge < -0.3 is 14.2 Å². The summed E-state index contributed by atoms with van der Waals surface area (Å²) in [7, 11) is 0. The molecule has 6 heteroatoms. The Balaban J connectivity index is 4.46. The summed E-state index contributed by atoms with van der Waals surface area (Å²) in [5, 5.41) is 0. The summed E-state index contributed by atoms with van der Waals surface area (Å²) in [6.45, 7) is 6.45. The van der Waals surface area contributed by atoms with E-state index in [0.29, 0.717) is 25.7 Å². The minimum atomic E-state index is -0.809. The van der Waals surface area contributed by atoms with Crippen LogP contribution in [0.15, 0.2) is 134 Å². The Bertz CT molecular complexity index is 1630. The Hall–Kier alpha value is -4.45. The lowest BCUT2D eigenvalue weighted by Gasteiger charge is -2.18. The van der Waals surface area contributed by atoms with Crippen LogP contribution in [0, 0.1) is 0 Å². The van der Waals surface area contributed by atoms with E-state index in [0.717, 1.165) is 128 Å². The first-order valence-corrected chi connectivity index (χ1v) is 31.2. The van der Waals surface area contributed by atoms with Crippen molar-refractivity contribution < 1.29 is 28.6 Å². The van der Waals surface area contributed by atoms with Crippen LogP contribution in [0.25, 0.3) is 0 Å². The van der Waals surface area contributed by atoms with Crippen LogP contribution in [0.3, 0.4) is 0 Å². The molecule has 0 amide bonds. The van der Waals surface area contributed by atoms with Crippen LogP contribution < -0.4 is 0 Å².